The van der Waals surface area contributed by atoms with Crippen LogP contribution in [0.3, 0.4) is 0 Å². The number of likely N-dealkylation sites (N-methyl/N-ethyl adjacent to an activating group) is 1. The molecule has 1 aliphatic rings. The molecule has 1 amide bonds. The smallest absolute Gasteiger partial charge is 0.239 e. The Hall–Kier alpha value is -2.78. The maximum absolute atomic E-state index is 12.4. The largest absolute Gasteiger partial charge is 0.491 e. The Morgan fingerprint density at radius 1 is 1.32 bits per heavy atom. The number of anilines is 1. The lowest BCUT2D eigenvalue weighted by Gasteiger charge is -2.25. The van der Waals surface area contributed by atoms with Crippen LogP contribution in [0.5, 0.6) is 5.75 Å². The number of hydrogen-bond donors (Lipinski definition) is 3. The van der Waals surface area contributed by atoms with Gasteiger partial charge in [-0.15, -0.1) is 0 Å². The summed E-state index contributed by atoms with van der Waals surface area (Å²) in [6, 6.07) is 3.38. The minimum atomic E-state index is -0.952. The van der Waals surface area contributed by atoms with Crippen LogP contribution in [-0.4, -0.2) is 69.5 Å². The number of carbonyl (C=O) groups excluding carboxylic acids is 1. The lowest BCUT2D eigenvalue weighted by Crippen LogP contribution is -2.45. The third kappa shape index (κ3) is 6.11. The molecule has 2 heterocycles. The number of amides is 1. The molecule has 0 saturated carbocycles. The molecule has 1 atom stereocenters. The van der Waals surface area contributed by atoms with Gasteiger partial charge in [0.05, 0.1) is 13.2 Å². The number of rotatable bonds is 8. The minimum absolute atomic E-state index is 0.0259. The average molecular weight is 430 g/mol. The van der Waals surface area contributed by atoms with E-state index in [-0.39, 0.29) is 31.2 Å². The van der Waals surface area contributed by atoms with Crippen LogP contribution < -0.4 is 15.0 Å². The van der Waals surface area contributed by atoms with Crippen molar-refractivity contribution in [3.63, 3.8) is 0 Å². The number of aromatic nitrogens is 3. The number of nitrogens with one attached hydrogen (secondary N) is 1. The van der Waals surface area contributed by atoms with Gasteiger partial charge in [0.25, 0.3) is 0 Å². The molecule has 9 heteroatoms. The van der Waals surface area contributed by atoms with Crippen molar-refractivity contribution in [3.8, 4) is 17.3 Å². The summed E-state index contributed by atoms with van der Waals surface area (Å²) < 4.78 is 5.52. The fraction of sp³-hybridized carbons (Fsp3) is 0.545. The van der Waals surface area contributed by atoms with E-state index in [9.17, 15) is 9.90 Å². The van der Waals surface area contributed by atoms with Gasteiger partial charge in [0, 0.05) is 36.1 Å². The first-order valence-electron chi connectivity index (χ1n) is 10.5. The summed E-state index contributed by atoms with van der Waals surface area (Å²) in [5, 5.41) is 21.4. The predicted molar refractivity (Wildman–Crippen MR) is 117 cm³/mol. The van der Waals surface area contributed by atoms with Gasteiger partial charge in [-0.05, 0) is 46.1 Å². The highest BCUT2D eigenvalue weighted by molar-refractivity contribution is 5.82. The van der Waals surface area contributed by atoms with Crippen LogP contribution in [-0.2, 0) is 17.6 Å². The average Bonchev–Trinajstić information content (AvgIpc) is 3.18. The molecule has 168 valence electrons. The molecular weight excluding hydrogens is 398 g/mol. The van der Waals surface area contributed by atoms with Crippen molar-refractivity contribution in [1.82, 2.24) is 20.3 Å². The fourth-order valence-corrected chi connectivity index (χ4v) is 3.46. The van der Waals surface area contributed by atoms with E-state index in [1.54, 1.807) is 18.3 Å². The van der Waals surface area contributed by atoms with Gasteiger partial charge in [0.1, 0.15) is 30.0 Å². The Labute approximate surface area is 182 Å². The summed E-state index contributed by atoms with van der Waals surface area (Å²) in [6.45, 7) is 5.64. The summed E-state index contributed by atoms with van der Waals surface area (Å²) in [7, 11) is 1.86. The molecule has 0 spiro atoms. The highest BCUT2D eigenvalue weighted by Crippen LogP contribution is 2.31. The molecule has 3 N–H and O–H groups in total. The molecule has 1 aliphatic carbocycles. The standard InChI is InChI=1S/C22H31N5O4/c1-22(2,3)26-19(30)11-27(4)21-16-6-5-7-17(16)24-20(25-21)18-10-15(8-9-23-18)31-13-14(29)12-28/h8-10,14,28-29H,5-7,11-13H2,1-4H3,(H,26,30)/t14-/m0/s1. The minimum Gasteiger partial charge on any atom is -0.491 e. The van der Waals surface area contributed by atoms with Crippen molar-refractivity contribution in [2.45, 2.75) is 51.7 Å². The van der Waals surface area contributed by atoms with Crippen LogP contribution in [0.1, 0.15) is 38.4 Å². The number of fused-ring (bicyclic) bond motifs is 1. The zero-order valence-corrected chi connectivity index (χ0v) is 18.6. The Morgan fingerprint density at radius 3 is 2.81 bits per heavy atom. The normalized spacial score (nSPS) is 14.1. The summed E-state index contributed by atoms with van der Waals surface area (Å²) in [4.78, 5) is 28.1. The molecule has 0 unspecified atom stereocenters. The molecule has 0 saturated heterocycles. The van der Waals surface area contributed by atoms with Crippen molar-refractivity contribution >= 4 is 11.7 Å². The van der Waals surface area contributed by atoms with Crippen LogP contribution in [0.25, 0.3) is 11.5 Å². The van der Waals surface area contributed by atoms with E-state index in [1.807, 2.05) is 32.7 Å². The monoisotopic (exact) mass is 429 g/mol. The Balaban J connectivity index is 1.86. The summed E-state index contributed by atoms with van der Waals surface area (Å²) in [6.07, 6.45) is 3.38. The molecule has 0 aromatic carbocycles. The molecule has 3 rings (SSSR count). The van der Waals surface area contributed by atoms with E-state index >= 15 is 0 Å². The summed E-state index contributed by atoms with van der Waals surface area (Å²) in [5.74, 6) is 1.64. The van der Waals surface area contributed by atoms with Gasteiger partial charge in [-0.2, -0.15) is 0 Å². The third-order valence-corrected chi connectivity index (χ3v) is 4.78. The van der Waals surface area contributed by atoms with Crippen molar-refractivity contribution in [1.29, 1.82) is 0 Å². The first kappa shape index (κ1) is 22.9. The maximum Gasteiger partial charge on any atom is 0.239 e. The molecule has 0 radical (unpaired) electrons. The van der Waals surface area contributed by atoms with E-state index in [0.717, 1.165) is 36.3 Å². The lowest BCUT2D eigenvalue weighted by atomic mass is 10.1. The van der Waals surface area contributed by atoms with Crippen LogP contribution in [0.4, 0.5) is 5.82 Å². The molecular formula is C22H31N5O4. The van der Waals surface area contributed by atoms with Gasteiger partial charge in [-0.25, -0.2) is 9.97 Å². The second-order valence-corrected chi connectivity index (χ2v) is 8.83. The highest BCUT2D eigenvalue weighted by atomic mass is 16.5. The fourth-order valence-electron chi connectivity index (χ4n) is 3.46. The molecule has 0 bridgehead atoms. The number of hydrogen-bond acceptors (Lipinski definition) is 8. The zero-order valence-electron chi connectivity index (χ0n) is 18.6. The number of carbonyl (C=O) groups is 1. The maximum atomic E-state index is 12.4. The first-order valence-corrected chi connectivity index (χ1v) is 10.5. The van der Waals surface area contributed by atoms with Gasteiger partial charge in [0.15, 0.2) is 5.82 Å². The van der Waals surface area contributed by atoms with Crippen LogP contribution in [0.2, 0.25) is 0 Å². The zero-order chi connectivity index (χ0) is 22.6. The van der Waals surface area contributed by atoms with Gasteiger partial charge in [-0.3, -0.25) is 9.78 Å². The first-order chi connectivity index (χ1) is 14.7. The summed E-state index contributed by atoms with van der Waals surface area (Å²) in [5.41, 5.74) is 2.30. The Morgan fingerprint density at radius 2 is 2.10 bits per heavy atom. The van der Waals surface area contributed by atoms with E-state index in [0.29, 0.717) is 17.3 Å². The Kier molecular flexibility index (Phi) is 7.07. The van der Waals surface area contributed by atoms with Gasteiger partial charge >= 0.3 is 0 Å². The van der Waals surface area contributed by atoms with Gasteiger partial charge < -0.3 is 25.2 Å². The predicted octanol–water partition coefficient (Wildman–Crippen LogP) is 1.11. The van der Waals surface area contributed by atoms with E-state index in [2.05, 4.69) is 10.3 Å². The third-order valence-electron chi connectivity index (χ3n) is 4.78. The topological polar surface area (TPSA) is 121 Å². The number of nitrogens with zero attached hydrogens (tertiary/aromatic N) is 4. The van der Waals surface area contributed by atoms with Crippen molar-refractivity contribution in [2.75, 3.05) is 31.7 Å². The quantitative estimate of drug-likeness (QED) is 0.571. The van der Waals surface area contributed by atoms with Gasteiger partial charge in [-0.1, -0.05) is 0 Å². The van der Waals surface area contributed by atoms with Crippen molar-refractivity contribution in [3.05, 3.63) is 29.6 Å². The number of aliphatic hydroxyl groups excluding tert-OH is 2. The number of aliphatic hydroxyl groups is 2. The van der Waals surface area contributed by atoms with E-state index < -0.39 is 6.10 Å². The van der Waals surface area contributed by atoms with Crippen molar-refractivity contribution < 1.29 is 19.7 Å². The van der Waals surface area contributed by atoms with E-state index in [4.69, 9.17) is 19.8 Å². The highest BCUT2D eigenvalue weighted by Gasteiger charge is 2.24. The van der Waals surface area contributed by atoms with Crippen molar-refractivity contribution in [2.24, 2.45) is 0 Å². The SMILES string of the molecule is CN(CC(=O)NC(C)(C)C)c1nc(-c2cc(OC[C@@H](O)CO)ccn2)nc2c1CCC2. The number of pyridine rings is 1. The number of ether oxygens (including phenoxy) is 1. The molecule has 9 nitrogen and oxygen atoms in total. The Bertz CT molecular complexity index is 929. The lowest BCUT2D eigenvalue weighted by molar-refractivity contribution is -0.121. The second kappa shape index (κ2) is 9.57. The molecule has 2 aromatic rings. The van der Waals surface area contributed by atoms with Gasteiger partial charge in [0.2, 0.25) is 5.91 Å². The van der Waals surface area contributed by atoms with Crippen LogP contribution in [0, 0.1) is 0 Å². The van der Waals surface area contributed by atoms with Crippen LogP contribution in [0.15, 0.2) is 18.3 Å². The van der Waals surface area contributed by atoms with E-state index in [1.165, 1.54) is 0 Å². The molecule has 2 aromatic heterocycles. The molecule has 0 aliphatic heterocycles. The summed E-state index contributed by atoms with van der Waals surface area (Å²) >= 11 is 0. The molecule has 0 fully saturated rings. The second-order valence-electron chi connectivity index (χ2n) is 8.83. The number of aryl methyl sites for hydroxylation is 1. The molecule has 31 heavy (non-hydrogen) atoms. The van der Waals surface area contributed by atoms with Crippen LogP contribution >= 0.6 is 0 Å².